The lowest BCUT2D eigenvalue weighted by Gasteiger charge is -2.38. The number of ether oxygens (including phenoxy) is 1. The fourth-order valence-corrected chi connectivity index (χ4v) is 6.85. The van der Waals surface area contributed by atoms with E-state index in [1.165, 1.54) is 4.90 Å². The maximum atomic E-state index is 14.2. The van der Waals surface area contributed by atoms with Crippen LogP contribution in [0.15, 0.2) is 48.5 Å². The first-order valence-electron chi connectivity index (χ1n) is 13.4. The number of para-hydroxylation sites is 1. The number of hydrogen-bond donors (Lipinski definition) is 3. The molecule has 0 aliphatic carbocycles. The number of nitrogens with zero attached hydrogens (tertiary/aromatic N) is 1. The van der Waals surface area contributed by atoms with E-state index in [-0.39, 0.29) is 30.2 Å². The van der Waals surface area contributed by atoms with Crippen molar-refractivity contribution in [3.63, 3.8) is 0 Å². The van der Waals surface area contributed by atoms with Gasteiger partial charge in [-0.3, -0.25) is 14.4 Å². The smallest absolute Gasteiger partial charge is 0.250 e. The molecule has 38 heavy (non-hydrogen) atoms. The minimum Gasteiger partial charge on any atom is -0.394 e. The van der Waals surface area contributed by atoms with E-state index in [9.17, 15) is 19.5 Å². The van der Waals surface area contributed by atoms with Crippen LogP contribution in [0.25, 0.3) is 0 Å². The maximum Gasteiger partial charge on any atom is 0.250 e. The van der Waals surface area contributed by atoms with Gasteiger partial charge in [-0.2, -0.15) is 0 Å². The summed E-state index contributed by atoms with van der Waals surface area (Å²) in [5.74, 6) is -2.67. The van der Waals surface area contributed by atoms with Crippen molar-refractivity contribution in [1.82, 2.24) is 4.90 Å². The van der Waals surface area contributed by atoms with Gasteiger partial charge in [-0.15, -0.1) is 0 Å². The fourth-order valence-electron chi connectivity index (χ4n) is 6.85. The minimum atomic E-state index is -1.16. The van der Waals surface area contributed by atoms with Gasteiger partial charge in [0, 0.05) is 11.4 Å². The standard InChI is InChI=1S/C30H37N3O5/c1-17(2)22(16-34)33-25(27(36)32-21-15-18(3)11-12-19(21)4)30-14-13-29(5,38-30)23(24(30)28(33)37)26(35)31-20-9-7-6-8-10-20/h6-12,15,17,22-25,34H,13-14,16H2,1-5H3,(H,31,35)(H,32,36)/t22-,23-,24-,25?,29+,30?/m0/s1. The second kappa shape index (κ2) is 9.50. The third kappa shape index (κ3) is 4.01. The van der Waals surface area contributed by atoms with Crippen LogP contribution in [-0.4, -0.2) is 57.6 Å². The number of aliphatic hydroxyl groups is 1. The number of benzene rings is 2. The number of rotatable bonds is 7. The molecular weight excluding hydrogens is 482 g/mol. The summed E-state index contributed by atoms with van der Waals surface area (Å²) in [6, 6.07) is 13.4. The summed E-state index contributed by atoms with van der Waals surface area (Å²) in [4.78, 5) is 43.6. The SMILES string of the molecule is Cc1ccc(C)c(NC(=O)C2N([C@@H](CO)C(C)C)C(=O)[C@@H]3[C@@H](C(=O)Nc4ccccc4)[C@@]4(C)CCC23O4)c1. The van der Waals surface area contributed by atoms with Gasteiger partial charge >= 0.3 is 0 Å². The van der Waals surface area contributed by atoms with E-state index in [1.54, 1.807) is 12.1 Å². The number of likely N-dealkylation sites (tertiary alicyclic amines) is 1. The first-order chi connectivity index (χ1) is 18.0. The second-order valence-corrected chi connectivity index (χ2v) is 11.6. The highest BCUT2D eigenvalue weighted by Gasteiger charge is 2.78. The van der Waals surface area contributed by atoms with Crippen LogP contribution in [-0.2, 0) is 19.1 Å². The summed E-state index contributed by atoms with van der Waals surface area (Å²) in [6.07, 6.45) is 1.03. The summed E-state index contributed by atoms with van der Waals surface area (Å²) in [5, 5.41) is 16.4. The van der Waals surface area contributed by atoms with Crippen LogP contribution in [0, 0.1) is 31.6 Å². The molecule has 1 spiro atoms. The molecule has 3 fully saturated rings. The first-order valence-corrected chi connectivity index (χ1v) is 13.4. The number of amides is 3. The zero-order valence-corrected chi connectivity index (χ0v) is 22.7. The molecule has 8 nitrogen and oxygen atoms in total. The Hall–Kier alpha value is -3.23. The van der Waals surface area contributed by atoms with Gasteiger partial charge in [0.1, 0.15) is 11.6 Å². The van der Waals surface area contributed by atoms with Gasteiger partial charge in [0.05, 0.1) is 30.1 Å². The van der Waals surface area contributed by atoms with Crippen molar-refractivity contribution in [3.8, 4) is 0 Å². The van der Waals surface area contributed by atoms with Crippen LogP contribution in [0.2, 0.25) is 0 Å². The minimum absolute atomic E-state index is 0.112. The van der Waals surface area contributed by atoms with Crippen molar-refractivity contribution in [1.29, 1.82) is 0 Å². The van der Waals surface area contributed by atoms with E-state index in [2.05, 4.69) is 10.6 Å². The molecule has 3 N–H and O–H groups in total. The molecule has 0 saturated carbocycles. The second-order valence-electron chi connectivity index (χ2n) is 11.6. The van der Waals surface area contributed by atoms with Crippen LogP contribution in [0.3, 0.4) is 0 Å². The Labute approximate surface area is 223 Å². The molecule has 2 aromatic rings. The van der Waals surface area contributed by atoms with Crippen molar-refractivity contribution >= 4 is 29.1 Å². The van der Waals surface area contributed by atoms with Crippen LogP contribution >= 0.6 is 0 Å². The number of nitrogens with one attached hydrogen (secondary N) is 2. The third-order valence-corrected chi connectivity index (χ3v) is 8.75. The summed E-state index contributed by atoms with van der Waals surface area (Å²) >= 11 is 0. The number of carbonyl (C=O) groups is 3. The summed E-state index contributed by atoms with van der Waals surface area (Å²) < 4.78 is 6.68. The Morgan fingerprint density at radius 1 is 1.08 bits per heavy atom. The summed E-state index contributed by atoms with van der Waals surface area (Å²) in [6.45, 7) is 9.28. The van der Waals surface area contributed by atoms with Gasteiger partial charge in [-0.05, 0) is 68.9 Å². The van der Waals surface area contributed by atoms with E-state index in [1.807, 2.05) is 71.0 Å². The average Bonchev–Trinajstić information content (AvgIpc) is 3.43. The van der Waals surface area contributed by atoms with E-state index >= 15 is 0 Å². The molecule has 3 heterocycles. The Morgan fingerprint density at radius 2 is 1.79 bits per heavy atom. The molecule has 0 radical (unpaired) electrons. The van der Waals surface area contributed by atoms with Crippen LogP contribution in [0.5, 0.6) is 0 Å². The zero-order chi connectivity index (χ0) is 27.4. The first kappa shape index (κ1) is 26.4. The van der Waals surface area contributed by atoms with Crippen molar-refractivity contribution in [3.05, 3.63) is 59.7 Å². The van der Waals surface area contributed by atoms with E-state index in [4.69, 9.17) is 4.74 Å². The molecule has 202 valence electrons. The number of aliphatic hydroxyl groups excluding tert-OH is 1. The molecule has 2 bridgehead atoms. The van der Waals surface area contributed by atoms with Gasteiger partial charge in [-0.25, -0.2) is 0 Å². The lowest BCUT2D eigenvalue weighted by Crippen LogP contribution is -2.57. The molecule has 8 heteroatoms. The summed E-state index contributed by atoms with van der Waals surface area (Å²) in [7, 11) is 0. The molecule has 3 aliphatic heterocycles. The molecule has 0 aromatic heterocycles. The van der Waals surface area contributed by atoms with Gasteiger partial charge < -0.3 is 25.4 Å². The Balaban J connectivity index is 1.56. The number of anilines is 2. The predicted molar refractivity (Wildman–Crippen MR) is 144 cm³/mol. The van der Waals surface area contributed by atoms with Crippen LogP contribution < -0.4 is 10.6 Å². The third-order valence-electron chi connectivity index (χ3n) is 8.75. The lowest BCUT2D eigenvalue weighted by molar-refractivity contribution is -0.148. The molecule has 2 unspecified atom stereocenters. The maximum absolute atomic E-state index is 14.2. The Bertz CT molecular complexity index is 1260. The highest BCUT2D eigenvalue weighted by molar-refractivity contribution is 6.05. The highest BCUT2D eigenvalue weighted by Crippen LogP contribution is 2.63. The number of carbonyl (C=O) groups excluding carboxylic acids is 3. The van der Waals surface area contributed by atoms with Crippen LogP contribution in [0.4, 0.5) is 11.4 Å². The van der Waals surface area contributed by atoms with Crippen molar-refractivity contribution < 1.29 is 24.2 Å². The molecule has 6 atom stereocenters. The van der Waals surface area contributed by atoms with Gasteiger partial charge in [0.15, 0.2) is 0 Å². The molecule has 3 saturated heterocycles. The monoisotopic (exact) mass is 519 g/mol. The van der Waals surface area contributed by atoms with Crippen molar-refractivity contribution in [2.45, 2.75) is 70.7 Å². The van der Waals surface area contributed by atoms with E-state index in [0.29, 0.717) is 24.2 Å². The Morgan fingerprint density at radius 3 is 2.45 bits per heavy atom. The summed E-state index contributed by atoms with van der Waals surface area (Å²) in [5.41, 5.74) is 1.17. The van der Waals surface area contributed by atoms with Crippen LogP contribution in [0.1, 0.15) is 44.7 Å². The molecule has 2 aromatic carbocycles. The van der Waals surface area contributed by atoms with Gasteiger partial charge in [0.2, 0.25) is 17.7 Å². The topological polar surface area (TPSA) is 108 Å². The average molecular weight is 520 g/mol. The van der Waals surface area contributed by atoms with Crippen molar-refractivity contribution in [2.24, 2.45) is 17.8 Å². The molecule has 3 amide bonds. The number of aryl methyl sites for hydroxylation is 2. The zero-order valence-electron chi connectivity index (χ0n) is 22.7. The molecular formula is C30H37N3O5. The molecule has 3 aliphatic rings. The Kier molecular flexibility index (Phi) is 6.60. The van der Waals surface area contributed by atoms with E-state index in [0.717, 1.165) is 11.1 Å². The fraction of sp³-hybridized carbons (Fsp3) is 0.500. The van der Waals surface area contributed by atoms with Gasteiger partial charge in [-0.1, -0.05) is 44.2 Å². The highest BCUT2D eigenvalue weighted by atomic mass is 16.5. The lowest BCUT2D eigenvalue weighted by atomic mass is 9.66. The molecule has 5 rings (SSSR count). The van der Waals surface area contributed by atoms with E-state index < -0.39 is 35.1 Å². The van der Waals surface area contributed by atoms with Gasteiger partial charge in [0.25, 0.3) is 0 Å². The number of hydrogen-bond acceptors (Lipinski definition) is 5. The number of fused-ring (bicyclic) bond motifs is 1. The van der Waals surface area contributed by atoms with Crippen molar-refractivity contribution in [2.75, 3.05) is 17.2 Å². The quantitative estimate of drug-likeness (QED) is 0.518. The largest absolute Gasteiger partial charge is 0.394 e. The predicted octanol–water partition coefficient (Wildman–Crippen LogP) is 3.66. The normalized spacial score (nSPS) is 30.4.